The van der Waals surface area contributed by atoms with Gasteiger partial charge in [0.15, 0.2) is 5.96 Å². The lowest BCUT2D eigenvalue weighted by molar-refractivity contribution is 0.309. The Hall–Kier alpha value is -0.380. The van der Waals surface area contributed by atoms with Crippen molar-refractivity contribution in [2.75, 3.05) is 32.4 Å². The third kappa shape index (κ3) is 3.84. The van der Waals surface area contributed by atoms with Gasteiger partial charge in [0.25, 0.3) is 0 Å². The smallest absolute Gasteiger partial charge is 0.193 e. The maximum atomic E-state index is 4.90. The van der Waals surface area contributed by atoms with E-state index in [0.29, 0.717) is 5.41 Å². The molecular formula is C16H31N3S. The van der Waals surface area contributed by atoms with E-state index in [1.807, 2.05) is 11.8 Å². The molecule has 2 rings (SSSR count). The van der Waals surface area contributed by atoms with Crippen molar-refractivity contribution in [3.05, 3.63) is 0 Å². The molecule has 1 spiro atoms. The Morgan fingerprint density at radius 3 is 2.60 bits per heavy atom. The Kier molecular flexibility index (Phi) is 5.27. The van der Waals surface area contributed by atoms with Crippen molar-refractivity contribution in [2.45, 2.75) is 57.6 Å². The van der Waals surface area contributed by atoms with Gasteiger partial charge < -0.3 is 10.2 Å². The predicted molar refractivity (Wildman–Crippen MR) is 90.7 cm³/mol. The van der Waals surface area contributed by atoms with Gasteiger partial charge >= 0.3 is 0 Å². The Bertz CT molecular complexity index is 346. The van der Waals surface area contributed by atoms with E-state index in [2.05, 4.69) is 37.2 Å². The second-order valence-corrected chi connectivity index (χ2v) is 8.53. The summed E-state index contributed by atoms with van der Waals surface area (Å²) < 4.78 is 0.228. The van der Waals surface area contributed by atoms with Crippen molar-refractivity contribution in [3.8, 4) is 0 Å². The highest BCUT2D eigenvalue weighted by Crippen LogP contribution is 2.45. The monoisotopic (exact) mass is 297 g/mol. The minimum absolute atomic E-state index is 0.228. The van der Waals surface area contributed by atoms with Gasteiger partial charge in [0.2, 0.25) is 0 Å². The molecule has 0 radical (unpaired) electrons. The summed E-state index contributed by atoms with van der Waals surface area (Å²) in [7, 11) is 0. The van der Waals surface area contributed by atoms with E-state index in [-0.39, 0.29) is 4.75 Å². The standard InChI is InChI=1S/C16H31N3S/c1-5-17-14(18-12-15(2,3)20-4)19-11-10-16(13-19)8-6-7-9-16/h5-13H2,1-4H3,(H,17,18). The summed E-state index contributed by atoms with van der Waals surface area (Å²) in [5.74, 6) is 1.14. The van der Waals surface area contributed by atoms with Gasteiger partial charge in [-0.2, -0.15) is 11.8 Å². The van der Waals surface area contributed by atoms with Crippen LogP contribution in [0.4, 0.5) is 0 Å². The summed E-state index contributed by atoms with van der Waals surface area (Å²) >= 11 is 1.90. The van der Waals surface area contributed by atoms with Gasteiger partial charge in [-0.3, -0.25) is 4.99 Å². The van der Waals surface area contributed by atoms with Crippen LogP contribution in [0, 0.1) is 5.41 Å². The second-order valence-electron chi connectivity index (χ2n) is 7.01. The Balaban J connectivity index is 2.00. The molecule has 20 heavy (non-hydrogen) atoms. The molecule has 3 nitrogen and oxygen atoms in total. The van der Waals surface area contributed by atoms with E-state index in [0.717, 1.165) is 19.0 Å². The highest BCUT2D eigenvalue weighted by Gasteiger charge is 2.41. The van der Waals surface area contributed by atoms with Crippen molar-refractivity contribution >= 4 is 17.7 Å². The third-order valence-corrected chi connectivity index (χ3v) is 6.13. The largest absolute Gasteiger partial charge is 0.357 e. The fraction of sp³-hybridized carbons (Fsp3) is 0.938. The molecule has 1 saturated heterocycles. The van der Waals surface area contributed by atoms with Crippen molar-refractivity contribution in [1.29, 1.82) is 0 Å². The fourth-order valence-electron chi connectivity index (χ4n) is 3.40. The first-order chi connectivity index (χ1) is 9.50. The first-order valence-electron chi connectivity index (χ1n) is 8.09. The van der Waals surface area contributed by atoms with Gasteiger partial charge in [0.1, 0.15) is 0 Å². The van der Waals surface area contributed by atoms with E-state index >= 15 is 0 Å². The number of nitrogens with one attached hydrogen (secondary N) is 1. The first kappa shape index (κ1) is 16.0. The number of likely N-dealkylation sites (tertiary alicyclic amines) is 1. The van der Waals surface area contributed by atoms with Crippen LogP contribution in [0.2, 0.25) is 0 Å². The molecule has 0 atom stereocenters. The quantitative estimate of drug-likeness (QED) is 0.637. The molecule has 1 saturated carbocycles. The number of aliphatic imine (C=N–C) groups is 1. The average Bonchev–Trinajstić information content (AvgIpc) is 3.06. The molecule has 0 bridgehead atoms. The van der Waals surface area contributed by atoms with Crippen LogP contribution in [-0.2, 0) is 0 Å². The number of guanidine groups is 1. The highest BCUT2D eigenvalue weighted by atomic mass is 32.2. The molecule has 0 aromatic heterocycles. The molecule has 0 unspecified atom stereocenters. The lowest BCUT2D eigenvalue weighted by Gasteiger charge is -2.27. The lowest BCUT2D eigenvalue weighted by Crippen LogP contribution is -2.41. The molecule has 0 amide bonds. The SMILES string of the molecule is CCNC(=NCC(C)(C)SC)N1CCC2(CCCC2)C1. The van der Waals surface area contributed by atoms with Crippen LogP contribution in [0.15, 0.2) is 4.99 Å². The van der Waals surface area contributed by atoms with Crippen LogP contribution in [-0.4, -0.2) is 48.0 Å². The molecule has 2 aliphatic rings. The van der Waals surface area contributed by atoms with Crippen molar-refractivity contribution < 1.29 is 0 Å². The van der Waals surface area contributed by atoms with Crippen LogP contribution in [0.1, 0.15) is 52.9 Å². The van der Waals surface area contributed by atoms with E-state index < -0.39 is 0 Å². The molecule has 4 heteroatoms. The van der Waals surface area contributed by atoms with Crippen molar-refractivity contribution in [3.63, 3.8) is 0 Å². The van der Waals surface area contributed by atoms with E-state index in [9.17, 15) is 0 Å². The predicted octanol–water partition coefficient (Wildman–Crippen LogP) is 3.36. The Morgan fingerprint density at radius 2 is 2.00 bits per heavy atom. The summed E-state index contributed by atoms with van der Waals surface area (Å²) in [6.07, 6.45) is 9.26. The minimum atomic E-state index is 0.228. The molecule has 0 aromatic rings. The molecule has 0 aromatic carbocycles. The summed E-state index contributed by atoms with van der Waals surface area (Å²) in [4.78, 5) is 7.41. The third-order valence-electron chi connectivity index (χ3n) is 4.90. The molecule has 1 aliphatic heterocycles. The first-order valence-corrected chi connectivity index (χ1v) is 9.31. The normalized spacial score (nSPS) is 22.8. The number of rotatable bonds is 4. The summed E-state index contributed by atoms with van der Waals surface area (Å²) in [5, 5.41) is 3.49. The van der Waals surface area contributed by atoms with Gasteiger partial charge in [0, 0.05) is 24.4 Å². The molecule has 1 aliphatic carbocycles. The summed E-state index contributed by atoms with van der Waals surface area (Å²) in [5.41, 5.74) is 0.616. The fourth-order valence-corrected chi connectivity index (χ4v) is 3.60. The van der Waals surface area contributed by atoms with Gasteiger partial charge in [-0.05, 0) is 51.7 Å². The van der Waals surface area contributed by atoms with Gasteiger partial charge in [-0.15, -0.1) is 0 Å². The van der Waals surface area contributed by atoms with Crippen LogP contribution in [0.5, 0.6) is 0 Å². The maximum Gasteiger partial charge on any atom is 0.193 e. The van der Waals surface area contributed by atoms with Crippen molar-refractivity contribution in [1.82, 2.24) is 10.2 Å². The van der Waals surface area contributed by atoms with E-state index in [4.69, 9.17) is 4.99 Å². The lowest BCUT2D eigenvalue weighted by atomic mass is 9.86. The number of hydrogen-bond donors (Lipinski definition) is 1. The topological polar surface area (TPSA) is 27.6 Å². The molecule has 2 fully saturated rings. The number of hydrogen-bond acceptors (Lipinski definition) is 2. The average molecular weight is 298 g/mol. The van der Waals surface area contributed by atoms with Crippen LogP contribution >= 0.6 is 11.8 Å². The highest BCUT2D eigenvalue weighted by molar-refractivity contribution is 7.99. The van der Waals surface area contributed by atoms with E-state index in [1.54, 1.807) is 0 Å². The van der Waals surface area contributed by atoms with Crippen molar-refractivity contribution in [2.24, 2.45) is 10.4 Å². The maximum absolute atomic E-state index is 4.90. The van der Waals surface area contributed by atoms with Gasteiger partial charge in [-0.25, -0.2) is 0 Å². The van der Waals surface area contributed by atoms with Crippen LogP contribution < -0.4 is 5.32 Å². The zero-order valence-electron chi connectivity index (χ0n) is 13.7. The molecule has 1 heterocycles. The minimum Gasteiger partial charge on any atom is -0.357 e. The van der Waals surface area contributed by atoms with Gasteiger partial charge in [-0.1, -0.05) is 12.8 Å². The molecular weight excluding hydrogens is 266 g/mol. The molecule has 1 N–H and O–H groups in total. The van der Waals surface area contributed by atoms with Crippen LogP contribution in [0.3, 0.4) is 0 Å². The zero-order valence-corrected chi connectivity index (χ0v) is 14.5. The van der Waals surface area contributed by atoms with E-state index in [1.165, 1.54) is 45.2 Å². The van der Waals surface area contributed by atoms with Crippen LogP contribution in [0.25, 0.3) is 0 Å². The second kappa shape index (κ2) is 6.59. The Morgan fingerprint density at radius 1 is 1.30 bits per heavy atom. The molecule has 116 valence electrons. The Labute approximate surface area is 129 Å². The summed E-state index contributed by atoms with van der Waals surface area (Å²) in [6.45, 7) is 11.0. The number of thioether (sulfide) groups is 1. The zero-order chi connectivity index (χ0) is 14.6. The number of nitrogens with zero attached hydrogens (tertiary/aromatic N) is 2. The van der Waals surface area contributed by atoms with Gasteiger partial charge in [0.05, 0.1) is 6.54 Å². The summed E-state index contributed by atoms with van der Waals surface area (Å²) in [6, 6.07) is 0.